The predicted molar refractivity (Wildman–Crippen MR) is 61.7 cm³/mol. The lowest BCUT2D eigenvalue weighted by Gasteiger charge is -2.12. The van der Waals surface area contributed by atoms with Crippen molar-refractivity contribution in [1.29, 1.82) is 0 Å². The van der Waals surface area contributed by atoms with Crippen molar-refractivity contribution in [2.75, 3.05) is 0 Å². The molecule has 0 unspecified atom stereocenters. The number of rotatable bonds is 4. The van der Waals surface area contributed by atoms with Gasteiger partial charge < -0.3 is 0 Å². The van der Waals surface area contributed by atoms with Crippen LogP contribution in [0.2, 0.25) is 0 Å². The van der Waals surface area contributed by atoms with E-state index in [0.717, 1.165) is 25.7 Å². The number of hydrogen-bond donors (Lipinski definition) is 0. The second-order valence-corrected chi connectivity index (χ2v) is 3.61. The number of pyridine rings is 1. The zero-order valence-corrected chi connectivity index (χ0v) is 9.85. The number of aryl methyl sites for hydroxylation is 3. The Morgan fingerprint density at radius 2 is 1.64 bits per heavy atom. The molecule has 0 spiro atoms. The average Bonchev–Trinajstić information content (AvgIpc) is 2.26. The van der Waals surface area contributed by atoms with Gasteiger partial charge in [0.25, 0.3) is 0 Å². The molecule has 0 aromatic carbocycles. The number of nitrogens with zero attached hydrogens (tertiary/aromatic N) is 1. The molecule has 0 saturated carbocycles. The average molecular weight is 191 g/mol. The van der Waals surface area contributed by atoms with Crippen LogP contribution in [0.1, 0.15) is 50.2 Å². The maximum absolute atomic E-state index is 4.69. The van der Waals surface area contributed by atoms with Crippen LogP contribution in [0.3, 0.4) is 0 Å². The smallest absolute Gasteiger partial charge is 0.0438 e. The summed E-state index contributed by atoms with van der Waals surface area (Å²) < 4.78 is 0. The molecule has 14 heavy (non-hydrogen) atoms. The predicted octanol–water partition coefficient (Wildman–Crippen LogP) is 3.33. The lowest BCUT2D eigenvalue weighted by molar-refractivity contribution is 0.884. The van der Waals surface area contributed by atoms with E-state index < -0.39 is 0 Å². The fourth-order valence-electron chi connectivity index (χ4n) is 1.97. The van der Waals surface area contributed by atoms with Crippen LogP contribution in [0.15, 0.2) is 6.07 Å². The van der Waals surface area contributed by atoms with Crippen molar-refractivity contribution in [3.05, 3.63) is 28.6 Å². The van der Waals surface area contributed by atoms with Crippen LogP contribution in [-0.2, 0) is 25.7 Å². The van der Waals surface area contributed by atoms with E-state index in [2.05, 4.69) is 38.7 Å². The molecule has 1 aromatic heterocycles. The molecule has 0 N–H and O–H groups in total. The number of hydrogen-bond acceptors (Lipinski definition) is 1. The highest BCUT2D eigenvalue weighted by Crippen LogP contribution is 2.17. The molecule has 1 aromatic rings. The second kappa shape index (κ2) is 5.14. The van der Waals surface area contributed by atoms with Gasteiger partial charge in [0, 0.05) is 11.4 Å². The van der Waals surface area contributed by atoms with Gasteiger partial charge in [-0.15, -0.1) is 0 Å². The maximum Gasteiger partial charge on any atom is 0.0438 e. The first-order valence-electron chi connectivity index (χ1n) is 5.77. The monoisotopic (exact) mass is 191 g/mol. The van der Waals surface area contributed by atoms with Gasteiger partial charge in [0.2, 0.25) is 0 Å². The van der Waals surface area contributed by atoms with Gasteiger partial charge in [-0.25, -0.2) is 0 Å². The summed E-state index contributed by atoms with van der Waals surface area (Å²) in [6, 6.07) is 2.28. The van der Waals surface area contributed by atoms with E-state index in [4.69, 9.17) is 0 Å². The summed E-state index contributed by atoms with van der Waals surface area (Å²) in [5.74, 6) is 0. The summed E-state index contributed by atoms with van der Waals surface area (Å²) >= 11 is 0. The van der Waals surface area contributed by atoms with Crippen LogP contribution in [0.5, 0.6) is 0 Å². The Morgan fingerprint density at radius 1 is 0.929 bits per heavy atom. The third-order valence-corrected chi connectivity index (χ3v) is 2.79. The standard InChI is InChI=1S/C13H21N/c1-5-10-9-11(6-2)14-13(8-4)12(10)7-3/h9H,5-8H2,1-4H3. The van der Waals surface area contributed by atoms with Gasteiger partial charge in [0.05, 0.1) is 0 Å². The molecular weight excluding hydrogens is 170 g/mol. The first-order chi connectivity index (χ1) is 6.76. The molecule has 1 heteroatoms. The molecule has 1 rings (SSSR count). The number of aromatic nitrogens is 1. The third-order valence-electron chi connectivity index (χ3n) is 2.79. The SMILES string of the molecule is CCc1cc(CC)c(CC)c(CC)n1. The van der Waals surface area contributed by atoms with E-state index in [0.29, 0.717) is 0 Å². The molecule has 0 aliphatic heterocycles. The Labute approximate surface area is 87.6 Å². The van der Waals surface area contributed by atoms with Crippen LogP contribution >= 0.6 is 0 Å². The lowest BCUT2D eigenvalue weighted by Crippen LogP contribution is -2.04. The van der Waals surface area contributed by atoms with Gasteiger partial charge in [0.15, 0.2) is 0 Å². The Bertz CT molecular complexity index is 277. The zero-order chi connectivity index (χ0) is 10.6. The molecule has 1 heterocycles. The largest absolute Gasteiger partial charge is 0.258 e. The topological polar surface area (TPSA) is 12.9 Å². The Kier molecular flexibility index (Phi) is 4.12. The van der Waals surface area contributed by atoms with Crippen molar-refractivity contribution in [2.24, 2.45) is 0 Å². The Hall–Kier alpha value is -0.850. The zero-order valence-electron chi connectivity index (χ0n) is 9.85. The van der Waals surface area contributed by atoms with E-state index in [-0.39, 0.29) is 0 Å². The van der Waals surface area contributed by atoms with Crippen molar-refractivity contribution in [3.63, 3.8) is 0 Å². The minimum absolute atomic E-state index is 1.05. The van der Waals surface area contributed by atoms with Crippen LogP contribution < -0.4 is 0 Å². The van der Waals surface area contributed by atoms with Gasteiger partial charge in [-0.3, -0.25) is 4.98 Å². The highest BCUT2D eigenvalue weighted by molar-refractivity contribution is 5.33. The quantitative estimate of drug-likeness (QED) is 0.711. The van der Waals surface area contributed by atoms with Crippen LogP contribution in [0.25, 0.3) is 0 Å². The van der Waals surface area contributed by atoms with Crippen molar-refractivity contribution in [2.45, 2.75) is 53.4 Å². The summed E-state index contributed by atoms with van der Waals surface area (Å²) in [4.78, 5) is 4.69. The molecule has 0 atom stereocenters. The molecule has 0 amide bonds. The van der Waals surface area contributed by atoms with Gasteiger partial charge in [-0.1, -0.05) is 27.7 Å². The fourth-order valence-corrected chi connectivity index (χ4v) is 1.97. The minimum Gasteiger partial charge on any atom is -0.258 e. The normalized spacial score (nSPS) is 10.6. The maximum atomic E-state index is 4.69. The summed E-state index contributed by atoms with van der Waals surface area (Å²) in [6.07, 6.45) is 4.35. The van der Waals surface area contributed by atoms with E-state index in [9.17, 15) is 0 Å². The highest BCUT2D eigenvalue weighted by atomic mass is 14.7. The van der Waals surface area contributed by atoms with Gasteiger partial charge in [-0.05, 0) is 42.9 Å². The fraction of sp³-hybridized carbons (Fsp3) is 0.615. The summed E-state index contributed by atoms with van der Waals surface area (Å²) in [5.41, 5.74) is 5.53. The molecule has 0 saturated heterocycles. The summed E-state index contributed by atoms with van der Waals surface area (Å²) in [6.45, 7) is 8.82. The molecule has 0 radical (unpaired) electrons. The summed E-state index contributed by atoms with van der Waals surface area (Å²) in [5, 5.41) is 0. The molecule has 0 aliphatic carbocycles. The summed E-state index contributed by atoms with van der Waals surface area (Å²) in [7, 11) is 0. The molecular formula is C13H21N. The molecule has 78 valence electrons. The minimum atomic E-state index is 1.05. The Morgan fingerprint density at radius 3 is 2.07 bits per heavy atom. The highest BCUT2D eigenvalue weighted by Gasteiger charge is 2.07. The van der Waals surface area contributed by atoms with Crippen molar-refractivity contribution in [1.82, 2.24) is 4.98 Å². The van der Waals surface area contributed by atoms with Gasteiger partial charge in [0.1, 0.15) is 0 Å². The molecule has 1 nitrogen and oxygen atoms in total. The van der Waals surface area contributed by atoms with Crippen LogP contribution in [-0.4, -0.2) is 4.98 Å². The van der Waals surface area contributed by atoms with E-state index >= 15 is 0 Å². The van der Waals surface area contributed by atoms with E-state index in [1.54, 1.807) is 0 Å². The van der Waals surface area contributed by atoms with Crippen molar-refractivity contribution in [3.8, 4) is 0 Å². The van der Waals surface area contributed by atoms with Crippen LogP contribution in [0, 0.1) is 0 Å². The van der Waals surface area contributed by atoms with Gasteiger partial charge in [-0.2, -0.15) is 0 Å². The molecule has 0 bridgehead atoms. The molecule has 0 fully saturated rings. The van der Waals surface area contributed by atoms with E-state index in [1.165, 1.54) is 22.5 Å². The van der Waals surface area contributed by atoms with Gasteiger partial charge >= 0.3 is 0 Å². The van der Waals surface area contributed by atoms with Crippen molar-refractivity contribution < 1.29 is 0 Å². The van der Waals surface area contributed by atoms with Crippen LogP contribution in [0.4, 0.5) is 0 Å². The first-order valence-corrected chi connectivity index (χ1v) is 5.77. The van der Waals surface area contributed by atoms with Crippen molar-refractivity contribution >= 4 is 0 Å². The Balaban J connectivity index is 3.24. The van der Waals surface area contributed by atoms with E-state index in [1.807, 2.05) is 0 Å². The lowest BCUT2D eigenvalue weighted by atomic mass is 9.99. The molecule has 0 aliphatic rings. The second-order valence-electron chi connectivity index (χ2n) is 3.61. The third kappa shape index (κ3) is 2.14. The first kappa shape index (κ1) is 11.2.